The van der Waals surface area contributed by atoms with Crippen LogP contribution in [0.2, 0.25) is 0 Å². The molecule has 0 unspecified atom stereocenters. The van der Waals surface area contributed by atoms with Crippen molar-refractivity contribution in [2.24, 2.45) is 0 Å². The summed E-state index contributed by atoms with van der Waals surface area (Å²) in [6, 6.07) is 0. The molecule has 0 saturated heterocycles. The summed E-state index contributed by atoms with van der Waals surface area (Å²) >= 11 is 0. The van der Waals surface area contributed by atoms with Gasteiger partial charge in [0, 0.05) is 38.5 Å². The minimum absolute atomic E-state index is 0.221. The molecule has 0 aromatic rings. The van der Waals surface area contributed by atoms with Crippen molar-refractivity contribution in [1.82, 2.24) is 0 Å². The van der Waals surface area contributed by atoms with Crippen LogP contribution in [-0.4, -0.2) is 66.5 Å². The molecule has 0 fully saturated rings. The van der Waals surface area contributed by atoms with E-state index in [1.807, 2.05) is 0 Å². The molecular formula is C28H50O12. The summed E-state index contributed by atoms with van der Waals surface area (Å²) in [4.78, 5) is 60.7. The molecule has 0 atom stereocenters. The zero-order chi connectivity index (χ0) is 31.0. The van der Waals surface area contributed by atoms with Crippen LogP contribution >= 0.6 is 0 Å². The third-order valence-corrected chi connectivity index (χ3v) is 5.59. The molecule has 0 amide bonds. The average Bonchev–Trinajstić information content (AvgIpc) is 2.84. The first-order chi connectivity index (χ1) is 18.9. The molecule has 40 heavy (non-hydrogen) atoms. The smallest absolute Gasteiger partial charge is 0.303 e. The second kappa shape index (κ2) is 32.0. The van der Waals surface area contributed by atoms with Crippen LogP contribution in [0.15, 0.2) is 0 Å². The Labute approximate surface area is 236 Å². The second-order valence-electron chi connectivity index (χ2n) is 9.52. The van der Waals surface area contributed by atoms with E-state index < -0.39 is 35.8 Å². The average molecular weight is 579 g/mol. The Morgan fingerprint density at radius 3 is 0.425 bits per heavy atom. The summed E-state index contributed by atoms with van der Waals surface area (Å²) in [7, 11) is 0. The van der Waals surface area contributed by atoms with E-state index in [0.717, 1.165) is 77.0 Å². The van der Waals surface area contributed by atoms with Crippen LogP contribution in [0.1, 0.15) is 141 Å². The quantitative estimate of drug-likeness (QED) is 0.0681. The van der Waals surface area contributed by atoms with Crippen LogP contribution in [0.4, 0.5) is 0 Å². The van der Waals surface area contributed by atoms with E-state index in [0.29, 0.717) is 25.7 Å². The van der Waals surface area contributed by atoms with Crippen LogP contribution in [0.3, 0.4) is 0 Å². The van der Waals surface area contributed by atoms with Gasteiger partial charge in [0.05, 0.1) is 0 Å². The summed E-state index contributed by atoms with van der Waals surface area (Å²) in [5.41, 5.74) is 0. The Morgan fingerprint density at radius 2 is 0.325 bits per heavy atom. The van der Waals surface area contributed by atoms with Gasteiger partial charge in [-0.25, -0.2) is 0 Å². The molecule has 0 bridgehead atoms. The van der Waals surface area contributed by atoms with Crippen molar-refractivity contribution in [3.8, 4) is 0 Å². The predicted molar refractivity (Wildman–Crippen MR) is 147 cm³/mol. The number of carbonyl (C=O) groups is 6. The standard InChI is InChI=1S/C10H18O4.2C9H16O4/c11-9(12)7-5-3-1-2-4-6-8-10(13)14;2*10-8(11)6-4-2-1-3-5-7-9(12)13/h1-8H2,(H,11,12)(H,13,14);2*1-7H2,(H,10,11)(H,12,13). The van der Waals surface area contributed by atoms with Gasteiger partial charge in [0.25, 0.3) is 0 Å². The number of unbranched alkanes of at least 4 members (excludes halogenated alkanes) is 13. The maximum Gasteiger partial charge on any atom is 0.303 e. The fraction of sp³-hybridized carbons (Fsp3) is 0.786. The Balaban J connectivity index is -0.000000514. The highest BCUT2D eigenvalue weighted by Gasteiger charge is 2.00. The van der Waals surface area contributed by atoms with E-state index in [-0.39, 0.29) is 38.5 Å². The van der Waals surface area contributed by atoms with E-state index in [9.17, 15) is 28.8 Å². The molecule has 0 rings (SSSR count). The predicted octanol–water partition coefficient (Wildman–Crippen LogP) is 6.05. The lowest BCUT2D eigenvalue weighted by atomic mass is 10.1. The third-order valence-electron chi connectivity index (χ3n) is 5.59. The maximum atomic E-state index is 10.1. The molecule has 0 aromatic heterocycles. The summed E-state index contributed by atoms with van der Waals surface area (Å²) < 4.78 is 0. The Bertz CT molecular complexity index is 597. The first-order valence-electron chi connectivity index (χ1n) is 14.2. The molecule has 0 radical (unpaired) electrons. The summed E-state index contributed by atoms with van der Waals surface area (Å²) in [5, 5.41) is 49.9. The van der Waals surface area contributed by atoms with Crippen LogP contribution in [-0.2, 0) is 28.8 Å². The molecule has 0 spiro atoms. The van der Waals surface area contributed by atoms with Crippen LogP contribution in [0.25, 0.3) is 0 Å². The van der Waals surface area contributed by atoms with Gasteiger partial charge < -0.3 is 30.6 Å². The summed E-state index contributed by atoms with van der Waals surface area (Å²) in [6.07, 6.45) is 14.9. The fourth-order valence-electron chi connectivity index (χ4n) is 3.43. The molecule has 0 aliphatic rings. The Kier molecular flexibility index (Phi) is 33.1. The van der Waals surface area contributed by atoms with Crippen molar-refractivity contribution < 1.29 is 59.4 Å². The van der Waals surface area contributed by atoms with Gasteiger partial charge in [0.15, 0.2) is 0 Å². The van der Waals surface area contributed by atoms with Crippen molar-refractivity contribution in [1.29, 1.82) is 0 Å². The second-order valence-corrected chi connectivity index (χ2v) is 9.52. The van der Waals surface area contributed by atoms with Gasteiger partial charge in [-0.1, -0.05) is 64.2 Å². The Morgan fingerprint density at radius 1 is 0.225 bits per heavy atom. The van der Waals surface area contributed by atoms with Crippen LogP contribution < -0.4 is 0 Å². The van der Waals surface area contributed by atoms with E-state index >= 15 is 0 Å². The van der Waals surface area contributed by atoms with Crippen molar-refractivity contribution in [2.75, 3.05) is 0 Å². The molecule has 0 aromatic carbocycles. The highest BCUT2D eigenvalue weighted by molar-refractivity contribution is 5.68. The monoisotopic (exact) mass is 578 g/mol. The van der Waals surface area contributed by atoms with Gasteiger partial charge in [-0.3, -0.25) is 28.8 Å². The number of aliphatic carboxylic acids is 6. The summed E-state index contributed by atoms with van der Waals surface area (Å²) in [5.74, 6) is -4.51. The van der Waals surface area contributed by atoms with Crippen molar-refractivity contribution in [3.63, 3.8) is 0 Å². The Hall–Kier alpha value is -3.18. The lowest BCUT2D eigenvalue weighted by molar-refractivity contribution is -0.138. The van der Waals surface area contributed by atoms with Crippen LogP contribution in [0, 0.1) is 0 Å². The van der Waals surface area contributed by atoms with E-state index in [1.165, 1.54) is 0 Å². The SMILES string of the molecule is O=C(O)CCCCCCCC(=O)O.O=C(O)CCCCCCCC(=O)O.O=C(O)CCCCCCCCC(=O)O. The first kappa shape index (κ1) is 41.3. The largest absolute Gasteiger partial charge is 0.481 e. The maximum absolute atomic E-state index is 10.1. The number of carboxylic acid groups (broad SMARTS) is 6. The molecule has 0 saturated carbocycles. The number of hydrogen-bond acceptors (Lipinski definition) is 6. The lowest BCUT2D eigenvalue weighted by Crippen LogP contribution is -1.95. The zero-order valence-electron chi connectivity index (χ0n) is 23.7. The van der Waals surface area contributed by atoms with Gasteiger partial charge in [-0.2, -0.15) is 0 Å². The molecule has 0 heterocycles. The summed E-state index contributed by atoms with van der Waals surface area (Å²) in [6.45, 7) is 0. The number of carboxylic acids is 6. The molecule has 234 valence electrons. The van der Waals surface area contributed by atoms with E-state index in [2.05, 4.69) is 0 Å². The lowest BCUT2D eigenvalue weighted by Gasteiger charge is -1.98. The number of hydrogen-bond donors (Lipinski definition) is 6. The van der Waals surface area contributed by atoms with Crippen molar-refractivity contribution in [3.05, 3.63) is 0 Å². The van der Waals surface area contributed by atoms with Gasteiger partial charge >= 0.3 is 35.8 Å². The van der Waals surface area contributed by atoms with Gasteiger partial charge in [-0.15, -0.1) is 0 Å². The molecular weight excluding hydrogens is 528 g/mol. The van der Waals surface area contributed by atoms with Crippen LogP contribution in [0.5, 0.6) is 0 Å². The van der Waals surface area contributed by atoms with Crippen molar-refractivity contribution >= 4 is 35.8 Å². The third kappa shape index (κ3) is 51.5. The van der Waals surface area contributed by atoms with Gasteiger partial charge in [0.1, 0.15) is 0 Å². The topological polar surface area (TPSA) is 224 Å². The minimum atomic E-state index is -0.759. The fourth-order valence-corrected chi connectivity index (χ4v) is 3.43. The molecule has 0 aliphatic carbocycles. The highest BCUT2D eigenvalue weighted by atomic mass is 16.4. The normalized spacial score (nSPS) is 9.90. The zero-order valence-corrected chi connectivity index (χ0v) is 23.7. The highest BCUT2D eigenvalue weighted by Crippen LogP contribution is 2.09. The number of rotatable bonds is 25. The molecule has 12 nitrogen and oxygen atoms in total. The van der Waals surface area contributed by atoms with Gasteiger partial charge in [-0.05, 0) is 38.5 Å². The first-order valence-corrected chi connectivity index (χ1v) is 14.2. The minimum Gasteiger partial charge on any atom is -0.481 e. The van der Waals surface area contributed by atoms with Crippen molar-refractivity contribution in [2.45, 2.75) is 141 Å². The van der Waals surface area contributed by atoms with E-state index in [4.69, 9.17) is 30.6 Å². The molecule has 6 N–H and O–H groups in total. The van der Waals surface area contributed by atoms with Gasteiger partial charge in [0.2, 0.25) is 0 Å². The molecule has 0 aliphatic heterocycles. The van der Waals surface area contributed by atoms with E-state index in [1.54, 1.807) is 0 Å². The molecule has 12 heteroatoms.